The van der Waals surface area contributed by atoms with Crippen LogP contribution in [0.3, 0.4) is 0 Å². The Kier molecular flexibility index (Phi) is 2.66. The Hall–Kier alpha value is -1.12. The molecule has 1 atom stereocenters. The molecule has 0 saturated carbocycles. The molecule has 2 N–H and O–H groups in total. The van der Waals surface area contributed by atoms with Gasteiger partial charge in [-0.2, -0.15) is 0 Å². The number of aryl methyl sites for hydroxylation is 1. The average Bonchev–Trinajstić information content (AvgIpc) is 2.65. The first-order chi connectivity index (χ1) is 6.77. The lowest BCUT2D eigenvalue weighted by Crippen LogP contribution is -2.09. The molecule has 1 unspecified atom stereocenters. The summed E-state index contributed by atoms with van der Waals surface area (Å²) in [6.45, 7) is 2.09. The minimum atomic E-state index is 0.0231. The first-order valence-corrected chi connectivity index (χ1v) is 5.51. The van der Waals surface area contributed by atoms with Crippen LogP contribution in [0, 0.1) is 6.92 Å². The lowest BCUT2D eigenvalue weighted by molar-refractivity contribution is 0.893. The number of thiophene rings is 1. The highest BCUT2D eigenvalue weighted by molar-refractivity contribution is 7.10. The molecule has 0 aliphatic heterocycles. The molecule has 0 aliphatic rings. The van der Waals surface area contributed by atoms with E-state index >= 15 is 0 Å². The summed E-state index contributed by atoms with van der Waals surface area (Å²) in [6.07, 6.45) is 0. The number of nitrogens with two attached hydrogens (primary N) is 1. The van der Waals surface area contributed by atoms with E-state index in [1.807, 2.05) is 18.2 Å². The molecule has 0 saturated heterocycles. The molecule has 0 bridgehead atoms. The van der Waals surface area contributed by atoms with Gasteiger partial charge in [-0.1, -0.05) is 30.3 Å². The second-order valence-electron chi connectivity index (χ2n) is 3.41. The van der Waals surface area contributed by atoms with Crippen molar-refractivity contribution in [3.8, 4) is 0 Å². The zero-order chi connectivity index (χ0) is 9.97. The van der Waals surface area contributed by atoms with Crippen LogP contribution in [0.5, 0.6) is 0 Å². The molecule has 2 heteroatoms. The van der Waals surface area contributed by atoms with E-state index < -0.39 is 0 Å². The normalized spacial score (nSPS) is 12.7. The van der Waals surface area contributed by atoms with E-state index in [0.29, 0.717) is 0 Å². The molecular weight excluding hydrogens is 190 g/mol. The summed E-state index contributed by atoms with van der Waals surface area (Å²) in [6, 6.07) is 12.4. The van der Waals surface area contributed by atoms with Crippen molar-refractivity contribution >= 4 is 11.3 Å². The predicted molar refractivity (Wildman–Crippen MR) is 61.5 cm³/mol. The van der Waals surface area contributed by atoms with Gasteiger partial charge in [-0.05, 0) is 29.5 Å². The fourth-order valence-corrected chi connectivity index (χ4v) is 2.37. The first-order valence-electron chi connectivity index (χ1n) is 4.63. The zero-order valence-corrected chi connectivity index (χ0v) is 8.92. The van der Waals surface area contributed by atoms with Crippen molar-refractivity contribution in [1.29, 1.82) is 0 Å². The molecule has 72 valence electrons. The Morgan fingerprint density at radius 3 is 2.50 bits per heavy atom. The summed E-state index contributed by atoms with van der Waals surface area (Å²) < 4.78 is 0. The summed E-state index contributed by atoms with van der Waals surface area (Å²) in [5, 5.41) is 2.14. The molecule has 0 aliphatic carbocycles. The second kappa shape index (κ2) is 3.95. The minimum absolute atomic E-state index is 0.0231. The third-order valence-corrected chi connectivity index (χ3v) is 3.35. The summed E-state index contributed by atoms with van der Waals surface area (Å²) in [7, 11) is 0. The Bertz CT molecular complexity index is 405. The van der Waals surface area contributed by atoms with Crippen LogP contribution in [0.2, 0.25) is 0 Å². The smallest absolute Gasteiger partial charge is 0.0646 e. The molecule has 14 heavy (non-hydrogen) atoms. The quantitative estimate of drug-likeness (QED) is 0.797. The second-order valence-corrected chi connectivity index (χ2v) is 4.36. The van der Waals surface area contributed by atoms with E-state index in [1.165, 1.54) is 16.0 Å². The largest absolute Gasteiger partial charge is 0.320 e. The summed E-state index contributed by atoms with van der Waals surface area (Å²) >= 11 is 1.73. The van der Waals surface area contributed by atoms with Crippen LogP contribution in [0.4, 0.5) is 0 Å². The average molecular weight is 203 g/mol. The van der Waals surface area contributed by atoms with Gasteiger partial charge in [-0.15, -0.1) is 11.3 Å². The van der Waals surface area contributed by atoms with Crippen molar-refractivity contribution in [2.24, 2.45) is 5.73 Å². The van der Waals surface area contributed by atoms with E-state index in [0.717, 1.165) is 0 Å². The van der Waals surface area contributed by atoms with Crippen molar-refractivity contribution in [3.05, 3.63) is 57.8 Å². The van der Waals surface area contributed by atoms with E-state index in [1.54, 1.807) is 11.3 Å². The zero-order valence-electron chi connectivity index (χ0n) is 8.10. The fourth-order valence-electron chi connectivity index (χ4n) is 1.44. The van der Waals surface area contributed by atoms with Crippen LogP contribution in [0.25, 0.3) is 0 Å². The summed E-state index contributed by atoms with van der Waals surface area (Å²) in [5.41, 5.74) is 8.60. The Balaban J connectivity index is 2.29. The van der Waals surface area contributed by atoms with E-state index in [4.69, 9.17) is 5.73 Å². The lowest BCUT2D eigenvalue weighted by atomic mass is 10.1. The molecule has 0 amide bonds. The maximum atomic E-state index is 6.14. The van der Waals surface area contributed by atoms with Gasteiger partial charge in [-0.25, -0.2) is 0 Å². The van der Waals surface area contributed by atoms with Crippen molar-refractivity contribution < 1.29 is 0 Å². The number of hydrogen-bond donors (Lipinski definition) is 1. The van der Waals surface area contributed by atoms with Crippen LogP contribution in [-0.2, 0) is 0 Å². The predicted octanol–water partition coefficient (Wildman–Crippen LogP) is 3.10. The molecule has 1 heterocycles. The van der Waals surface area contributed by atoms with Crippen molar-refractivity contribution in [3.63, 3.8) is 0 Å². The summed E-state index contributed by atoms with van der Waals surface area (Å²) in [5.74, 6) is 0. The van der Waals surface area contributed by atoms with Gasteiger partial charge in [0.1, 0.15) is 0 Å². The van der Waals surface area contributed by atoms with Crippen molar-refractivity contribution in [2.45, 2.75) is 13.0 Å². The number of rotatable bonds is 2. The molecule has 1 nitrogen and oxygen atoms in total. The third-order valence-electron chi connectivity index (χ3n) is 2.22. The number of benzene rings is 1. The lowest BCUT2D eigenvalue weighted by Gasteiger charge is -2.08. The van der Waals surface area contributed by atoms with Crippen LogP contribution in [-0.4, -0.2) is 0 Å². The maximum absolute atomic E-state index is 6.14. The highest BCUT2D eigenvalue weighted by Crippen LogP contribution is 2.25. The maximum Gasteiger partial charge on any atom is 0.0646 e. The van der Waals surface area contributed by atoms with Crippen LogP contribution >= 0.6 is 11.3 Å². The van der Waals surface area contributed by atoms with E-state index in [9.17, 15) is 0 Å². The van der Waals surface area contributed by atoms with Gasteiger partial charge in [0.2, 0.25) is 0 Å². The van der Waals surface area contributed by atoms with Gasteiger partial charge >= 0.3 is 0 Å². The molecule has 0 radical (unpaired) electrons. The SMILES string of the molecule is Cc1csc(C(N)c2ccccc2)c1. The van der Waals surface area contributed by atoms with Gasteiger partial charge in [0.15, 0.2) is 0 Å². The highest BCUT2D eigenvalue weighted by atomic mass is 32.1. The minimum Gasteiger partial charge on any atom is -0.320 e. The van der Waals surface area contributed by atoms with Gasteiger partial charge < -0.3 is 5.73 Å². The van der Waals surface area contributed by atoms with Crippen molar-refractivity contribution in [1.82, 2.24) is 0 Å². The van der Waals surface area contributed by atoms with Crippen LogP contribution < -0.4 is 5.73 Å². The van der Waals surface area contributed by atoms with Crippen LogP contribution in [0.15, 0.2) is 41.8 Å². The van der Waals surface area contributed by atoms with Crippen molar-refractivity contribution in [2.75, 3.05) is 0 Å². The summed E-state index contributed by atoms with van der Waals surface area (Å²) in [4.78, 5) is 1.23. The van der Waals surface area contributed by atoms with Gasteiger partial charge in [0.05, 0.1) is 6.04 Å². The Morgan fingerprint density at radius 2 is 1.93 bits per heavy atom. The third kappa shape index (κ3) is 1.86. The molecule has 2 rings (SSSR count). The van der Waals surface area contributed by atoms with Gasteiger partial charge in [-0.3, -0.25) is 0 Å². The monoisotopic (exact) mass is 203 g/mol. The highest BCUT2D eigenvalue weighted by Gasteiger charge is 2.09. The fraction of sp³-hybridized carbons (Fsp3) is 0.167. The molecule has 0 spiro atoms. The van der Waals surface area contributed by atoms with E-state index in [2.05, 4.69) is 30.5 Å². The van der Waals surface area contributed by atoms with Gasteiger partial charge in [0.25, 0.3) is 0 Å². The first kappa shape index (κ1) is 9.44. The molecule has 0 fully saturated rings. The molecular formula is C12H13NS. The van der Waals surface area contributed by atoms with E-state index in [-0.39, 0.29) is 6.04 Å². The molecule has 1 aromatic heterocycles. The standard InChI is InChI=1S/C12H13NS/c1-9-7-11(14-8-9)12(13)10-5-3-2-4-6-10/h2-8,12H,13H2,1H3. The van der Waals surface area contributed by atoms with Gasteiger partial charge in [0, 0.05) is 4.88 Å². The molecule has 2 aromatic rings. The molecule has 1 aromatic carbocycles. The Labute approximate surface area is 88.2 Å². The topological polar surface area (TPSA) is 26.0 Å². The Morgan fingerprint density at radius 1 is 1.21 bits per heavy atom. The number of hydrogen-bond acceptors (Lipinski definition) is 2. The van der Waals surface area contributed by atoms with Crippen LogP contribution in [0.1, 0.15) is 22.0 Å².